The molecule has 3 unspecified atom stereocenters. The summed E-state index contributed by atoms with van der Waals surface area (Å²) < 4.78 is 0. The molecule has 2 aliphatic rings. The average molecular weight is 211 g/mol. The molecule has 1 heterocycles. The van der Waals surface area contributed by atoms with E-state index < -0.39 is 5.91 Å². The van der Waals surface area contributed by atoms with Gasteiger partial charge in [0.15, 0.2) is 0 Å². The molecule has 0 aromatic carbocycles. The molecule has 1 aliphatic heterocycles. The number of rotatable bonds is 2. The highest BCUT2D eigenvalue weighted by Crippen LogP contribution is 2.29. The topological polar surface area (TPSA) is 89.4 Å². The Morgan fingerprint density at radius 1 is 1.20 bits per heavy atom. The summed E-state index contributed by atoms with van der Waals surface area (Å²) >= 11 is 0. The zero-order valence-electron chi connectivity index (χ0n) is 8.69. The third kappa shape index (κ3) is 1.71. The molecule has 15 heavy (non-hydrogen) atoms. The molecule has 4 N–H and O–H groups in total. The van der Waals surface area contributed by atoms with Gasteiger partial charge in [0.2, 0.25) is 11.8 Å². The van der Waals surface area contributed by atoms with Crippen molar-refractivity contribution in [2.75, 3.05) is 6.54 Å². The second kappa shape index (κ2) is 3.81. The Morgan fingerprint density at radius 2 is 1.93 bits per heavy atom. The standard InChI is InChI=1S/C10H17N3O2/c11-7-3-1-2-6(7)10(15)13-5-4-8(13)9(12)14/h6-8H,1-5,11H2,(H2,12,14). The monoisotopic (exact) mass is 211 g/mol. The van der Waals surface area contributed by atoms with Crippen LogP contribution in [0.4, 0.5) is 0 Å². The van der Waals surface area contributed by atoms with Crippen LogP contribution in [-0.4, -0.2) is 35.3 Å². The highest BCUT2D eigenvalue weighted by Gasteiger charge is 2.41. The Hall–Kier alpha value is -1.10. The Balaban J connectivity index is 1.99. The van der Waals surface area contributed by atoms with Crippen molar-refractivity contribution < 1.29 is 9.59 Å². The molecule has 0 radical (unpaired) electrons. The second-order valence-corrected chi connectivity index (χ2v) is 4.44. The first-order chi connectivity index (χ1) is 7.11. The molecule has 2 amide bonds. The highest BCUT2D eigenvalue weighted by molar-refractivity contribution is 5.89. The van der Waals surface area contributed by atoms with E-state index in [4.69, 9.17) is 11.5 Å². The van der Waals surface area contributed by atoms with E-state index in [1.165, 1.54) is 0 Å². The number of carbonyl (C=O) groups excluding carboxylic acids is 2. The van der Waals surface area contributed by atoms with Gasteiger partial charge in [-0.2, -0.15) is 0 Å². The molecule has 1 saturated heterocycles. The molecule has 2 rings (SSSR count). The van der Waals surface area contributed by atoms with Crippen molar-refractivity contribution in [1.29, 1.82) is 0 Å². The lowest BCUT2D eigenvalue weighted by atomic mass is 9.96. The maximum absolute atomic E-state index is 12.0. The number of hydrogen-bond acceptors (Lipinski definition) is 3. The minimum atomic E-state index is -0.402. The predicted molar refractivity (Wildman–Crippen MR) is 54.6 cm³/mol. The lowest BCUT2D eigenvalue weighted by Gasteiger charge is -2.40. The van der Waals surface area contributed by atoms with E-state index in [0.29, 0.717) is 13.0 Å². The molecule has 0 aromatic heterocycles. The van der Waals surface area contributed by atoms with Crippen molar-refractivity contribution in [2.24, 2.45) is 17.4 Å². The first-order valence-corrected chi connectivity index (χ1v) is 5.46. The van der Waals surface area contributed by atoms with Gasteiger partial charge in [-0.25, -0.2) is 0 Å². The van der Waals surface area contributed by atoms with Gasteiger partial charge in [-0.1, -0.05) is 6.42 Å². The van der Waals surface area contributed by atoms with Crippen LogP contribution < -0.4 is 11.5 Å². The fourth-order valence-electron chi connectivity index (χ4n) is 2.46. The normalized spacial score (nSPS) is 35.0. The van der Waals surface area contributed by atoms with Crippen LogP contribution in [0.15, 0.2) is 0 Å². The van der Waals surface area contributed by atoms with Gasteiger partial charge in [-0.3, -0.25) is 9.59 Å². The van der Waals surface area contributed by atoms with Gasteiger partial charge in [0.25, 0.3) is 0 Å². The fraction of sp³-hybridized carbons (Fsp3) is 0.800. The van der Waals surface area contributed by atoms with Crippen LogP contribution in [0.3, 0.4) is 0 Å². The lowest BCUT2D eigenvalue weighted by Crippen LogP contribution is -2.59. The second-order valence-electron chi connectivity index (χ2n) is 4.44. The van der Waals surface area contributed by atoms with Gasteiger partial charge in [0.05, 0.1) is 5.92 Å². The first kappa shape index (κ1) is 10.4. The van der Waals surface area contributed by atoms with Crippen molar-refractivity contribution in [3.8, 4) is 0 Å². The molecular weight excluding hydrogens is 194 g/mol. The van der Waals surface area contributed by atoms with Gasteiger partial charge in [0.1, 0.15) is 6.04 Å². The maximum Gasteiger partial charge on any atom is 0.240 e. The Kier molecular flexibility index (Phi) is 2.65. The zero-order chi connectivity index (χ0) is 11.0. The van der Waals surface area contributed by atoms with Gasteiger partial charge in [-0.15, -0.1) is 0 Å². The third-order valence-electron chi connectivity index (χ3n) is 3.52. The van der Waals surface area contributed by atoms with Crippen LogP contribution >= 0.6 is 0 Å². The molecule has 84 valence electrons. The van der Waals surface area contributed by atoms with E-state index in [2.05, 4.69) is 0 Å². The summed E-state index contributed by atoms with van der Waals surface area (Å²) in [6, 6.07) is -0.420. The highest BCUT2D eigenvalue weighted by atomic mass is 16.2. The van der Waals surface area contributed by atoms with E-state index in [9.17, 15) is 9.59 Å². The van der Waals surface area contributed by atoms with E-state index in [1.54, 1.807) is 4.90 Å². The molecule has 3 atom stereocenters. The molecule has 2 fully saturated rings. The minimum Gasteiger partial charge on any atom is -0.368 e. The molecule has 0 bridgehead atoms. The van der Waals surface area contributed by atoms with Gasteiger partial charge >= 0.3 is 0 Å². The fourth-order valence-corrected chi connectivity index (χ4v) is 2.46. The van der Waals surface area contributed by atoms with Crippen molar-refractivity contribution in [3.63, 3.8) is 0 Å². The Bertz CT molecular complexity index is 292. The smallest absolute Gasteiger partial charge is 0.240 e. The van der Waals surface area contributed by atoms with E-state index in [0.717, 1.165) is 19.3 Å². The Labute approximate surface area is 88.8 Å². The number of primary amides is 1. The molecule has 1 aliphatic carbocycles. The first-order valence-electron chi connectivity index (χ1n) is 5.46. The largest absolute Gasteiger partial charge is 0.368 e. The lowest BCUT2D eigenvalue weighted by molar-refractivity contribution is -0.149. The molecule has 5 nitrogen and oxygen atoms in total. The van der Waals surface area contributed by atoms with Crippen LogP contribution in [0.5, 0.6) is 0 Å². The van der Waals surface area contributed by atoms with Crippen molar-refractivity contribution in [1.82, 2.24) is 4.90 Å². The summed E-state index contributed by atoms with van der Waals surface area (Å²) in [4.78, 5) is 24.6. The van der Waals surface area contributed by atoms with Crippen LogP contribution in [0.25, 0.3) is 0 Å². The van der Waals surface area contributed by atoms with Crippen molar-refractivity contribution in [3.05, 3.63) is 0 Å². The van der Waals surface area contributed by atoms with E-state index in [1.807, 2.05) is 0 Å². The van der Waals surface area contributed by atoms with Gasteiger partial charge in [0, 0.05) is 12.6 Å². The van der Waals surface area contributed by atoms with Crippen LogP contribution in [0.2, 0.25) is 0 Å². The quantitative estimate of drug-likeness (QED) is 0.626. The predicted octanol–water partition coefficient (Wildman–Crippen LogP) is -0.800. The average Bonchev–Trinajstić information content (AvgIpc) is 2.47. The number of nitrogens with zero attached hydrogens (tertiary/aromatic N) is 1. The van der Waals surface area contributed by atoms with Crippen LogP contribution in [0.1, 0.15) is 25.7 Å². The summed E-state index contributed by atoms with van der Waals surface area (Å²) in [5.41, 5.74) is 11.0. The van der Waals surface area contributed by atoms with Crippen molar-refractivity contribution >= 4 is 11.8 Å². The number of amides is 2. The number of hydrogen-bond donors (Lipinski definition) is 2. The van der Waals surface area contributed by atoms with Gasteiger partial charge < -0.3 is 16.4 Å². The number of carbonyl (C=O) groups is 2. The summed E-state index contributed by atoms with van der Waals surface area (Å²) in [5.74, 6) is -0.469. The summed E-state index contributed by atoms with van der Waals surface area (Å²) in [6.07, 6.45) is 3.46. The minimum absolute atomic E-state index is 0.0232. The number of nitrogens with two attached hydrogens (primary N) is 2. The molecule has 5 heteroatoms. The van der Waals surface area contributed by atoms with E-state index >= 15 is 0 Å². The zero-order valence-corrected chi connectivity index (χ0v) is 8.69. The molecular formula is C10H17N3O2. The van der Waals surface area contributed by atoms with Crippen molar-refractivity contribution in [2.45, 2.75) is 37.8 Å². The summed E-state index contributed by atoms with van der Waals surface area (Å²) in [6.45, 7) is 0.648. The molecule has 0 aromatic rings. The van der Waals surface area contributed by atoms with E-state index in [-0.39, 0.29) is 23.9 Å². The number of likely N-dealkylation sites (tertiary alicyclic amines) is 1. The molecule has 1 saturated carbocycles. The van der Waals surface area contributed by atoms with Gasteiger partial charge in [-0.05, 0) is 19.3 Å². The summed E-state index contributed by atoms with van der Waals surface area (Å²) in [7, 11) is 0. The van der Waals surface area contributed by atoms with Crippen LogP contribution in [0, 0.1) is 5.92 Å². The Morgan fingerprint density at radius 3 is 2.33 bits per heavy atom. The molecule has 0 spiro atoms. The third-order valence-corrected chi connectivity index (χ3v) is 3.52. The summed E-state index contributed by atoms with van der Waals surface area (Å²) in [5, 5.41) is 0. The van der Waals surface area contributed by atoms with Crippen LogP contribution in [-0.2, 0) is 9.59 Å². The SMILES string of the molecule is NC(=O)C1CCN1C(=O)C1CCCC1N. The maximum atomic E-state index is 12.0.